The van der Waals surface area contributed by atoms with Crippen molar-refractivity contribution < 1.29 is 24.0 Å². The van der Waals surface area contributed by atoms with E-state index in [-0.39, 0.29) is 11.3 Å². The molecule has 0 spiro atoms. The third kappa shape index (κ3) is 4.64. The van der Waals surface area contributed by atoms with Crippen LogP contribution in [0.15, 0.2) is 30.3 Å². The summed E-state index contributed by atoms with van der Waals surface area (Å²) >= 11 is 0. The minimum Gasteiger partial charge on any atom is -0.474 e. The fourth-order valence-corrected chi connectivity index (χ4v) is 2.85. The average molecular weight is 386 g/mol. The molecule has 2 rings (SSSR count). The smallest absolute Gasteiger partial charge is 0.338 e. The summed E-state index contributed by atoms with van der Waals surface area (Å²) in [5.41, 5.74) is 3.17. The number of esters is 1. The Morgan fingerprint density at radius 2 is 1.71 bits per heavy atom. The maximum absolute atomic E-state index is 12.5. The molecule has 1 atom stereocenters. The van der Waals surface area contributed by atoms with Crippen LogP contribution in [0, 0.1) is 30.9 Å². The summed E-state index contributed by atoms with van der Waals surface area (Å²) in [6.07, 6.45) is -0.997. The summed E-state index contributed by atoms with van der Waals surface area (Å²) in [4.78, 5) is 34.7. The molecular weight excluding hydrogens is 364 g/mol. The second kappa shape index (κ2) is 8.51. The summed E-state index contributed by atoms with van der Waals surface area (Å²) in [6, 6.07) is 7.57. The Balaban J connectivity index is 2.22. The molecule has 0 bridgehead atoms. The third-order valence-corrected chi connectivity index (χ3v) is 4.17. The van der Waals surface area contributed by atoms with E-state index in [1.807, 2.05) is 32.9 Å². The van der Waals surface area contributed by atoms with Gasteiger partial charge < -0.3 is 14.8 Å². The molecule has 2 aromatic rings. The highest BCUT2D eigenvalue weighted by molar-refractivity contribution is 5.95. The Hall–Kier alpha value is -3.42. The number of amides is 1. The maximum Gasteiger partial charge on any atom is 0.338 e. The SMILES string of the molecule is COC(=O)c1ccc(O[C@@H](C)C(=O)Nc2c(C)cc(C)cc2C)c([N+](=O)[O-])c1. The van der Waals surface area contributed by atoms with E-state index in [1.165, 1.54) is 26.2 Å². The van der Waals surface area contributed by atoms with Gasteiger partial charge in [-0.15, -0.1) is 0 Å². The monoisotopic (exact) mass is 386 g/mol. The van der Waals surface area contributed by atoms with Gasteiger partial charge in [0.1, 0.15) is 0 Å². The number of rotatable bonds is 6. The molecule has 0 aliphatic heterocycles. The predicted octanol–water partition coefficient (Wildman–Crippen LogP) is 3.71. The number of carbonyl (C=O) groups excluding carboxylic acids is 2. The molecular formula is C20H22N2O6. The van der Waals surface area contributed by atoms with E-state index in [2.05, 4.69) is 10.1 Å². The molecule has 0 aliphatic rings. The predicted molar refractivity (Wildman–Crippen MR) is 104 cm³/mol. The standard InChI is InChI=1S/C20H22N2O6/c1-11-8-12(2)18(13(3)9-11)21-19(23)14(4)28-17-7-6-15(20(24)27-5)10-16(17)22(25)26/h6-10,14H,1-5H3,(H,21,23)/t14-/m0/s1. The highest BCUT2D eigenvalue weighted by atomic mass is 16.6. The first-order valence-electron chi connectivity index (χ1n) is 8.56. The number of nitrogens with one attached hydrogen (secondary N) is 1. The summed E-state index contributed by atoms with van der Waals surface area (Å²) < 4.78 is 10.1. The van der Waals surface area contributed by atoms with Gasteiger partial charge in [0.25, 0.3) is 5.91 Å². The molecule has 1 amide bonds. The molecule has 0 saturated carbocycles. The van der Waals surface area contributed by atoms with Gasteiger partial charge in [-0.2, -0.15) is 0 Å². The van der Waals surface area contributed by atoms with Crippen molar-refractivity contribution in [2.24, 2.45) is 0 Å². The molecule has 0 aliphatic carbocycles. The fourth-order valence-electron chi connectivity index (χ4n) is 2.85. The quantitative estimate of drug-likeness (QED) is 0.461. The van der Waals surface area contributed by atoms with E-state index in [9.17, 15) is 19.7 Å². The summed E-state index contributed by atoms with van der Waals surface area (Å²) in [6.45, 7) is 7.23. The minimum absolute atomic E-state index is 0.0181. The van der Waals surface area contributed by atoms with E-state index >= 15 is 0 Å². The number of nitro benzene ring substituents is 1. The zero-order chi connectivity index (χ0) is 21.0. The van der Waals surface area contributed by atoms with Crippen LogP contribution >= 0.6 is 0 Å². The number of nitro groups is 1. The lowest BCUT2D eigenvalue weighted by Crippen LogP contribution is -2.31. The molecule has 0 heterocycles. The Labute approximate surface area is 162 Å². The van der Waals surface area contributed by atoms with Gasteiger partial charge in [0, 0.05) is 11.8 Å². The summed E-state index contributed by atoms with van der Waals surface area (Å²) in [7, 11) is 1.18. The molecule has 8 nitrogen and oxygen atoms in total. The first-order chi connectivity index (χ1) is 13.1. The van der Waals surface area contributed by atoms with Crippen molar-refractivity contribution in [3.05, 3.63) is 62.7 Å². The second-order valence-corrected chi connectivity index (χ2v) is 6.45. The van der Waals surface area contributed by atoms with Crippen LogP contribution in [0.4, 0.5) is 11.4 Å². The fraction of sp³-hybridized carbons (Fsp3) is 0.300. The van der Waals surface area contributed by atoms with Crippen LogP contribution in [0.2, 0.25) is 0 Å². The maximum atomic E-state index is 12.5. The molecule has 8 heteroatoms. The van der Waals surface area contributed by atoms with E-state index in [1.54, 1.807) is 0 Å². The average Bonchev–Trinajstić information content (AvgIpc) is 2.63. The molecule has 0 fully saturated rings. The molecule has 0 aromatic heterocycles. The normalized spacial score (nSPS) is 11.5. The van der Waals surface area contributed by atoms with Crippen LogP contribution in [-0.2, 0) is 9.53 Å². The van der Waals surface area contributed by atoms with Gasteiger partial charge in [-0.1, -0.05) is 17.7 Å². The number of benzene rings is 2. The van der Waals surface area contributed by atoms with Crippen LogP contribution in [0.3, 0.4) is 0 Å². The lowest BCUT2D eigenvalue weighted by Gasteiger charge is -2.17. The zero-order valence-electron chi connectivity index (χ0n) is 16.4. The molecule has 28 heavy (non-hydrogen) atoms. The van der Waals surface area contributed by atoms with Crippen molar-refractivity contribution in [3.63, 3.8) is 0 Å². The van der Waals surface area contributed by atoms with Crippen molar-refractivity contribution in [1.29, 1.82) is 0 Å². The van der Waals surface area contributed by atoms with E-state index < -0.39 is 28.6 Å². The van der Waals surface area contributed by atoms with Crippen LogP contribution < -0.4 is 10.1 Å². The van der Waals surface area contributed by atoms with Crippen molar-refractivity contribution in [2.75, 3.05) is 12.4 Å². The summed E-state index contributed by atoms with van der Waals surface area (Å²) in [5, 5.41) is 14.1. The van der Waals surface area contributed by atoms with Crippen molar-refractivity contribution in [2.45, 2.75) is 33.8 Å². The Morgan fingerprint density at radius 1 is 1.11 bits per heavy atom. The number of anilines is 1. The number of ether oxygens (including phenoxy) is 2. The number of nitrogens with zero attached hydrogens (tertiary/aromatic N) is 1. The van der Waals surface area contributed by atoms with E-state index in [0.717, 1.165) is 22.8 Å². The zero-order valence-corrected chi connectivity index (χ0v) is 16.4. The van der Waals surface area contributed by atoms with Gasteiger partial charge in [0.15, 0.2) is 11.9 Å². The minimum atomic E-state index is -0.997. The van der Waals surface area contributed by atoms with Crippen LogP contribution in [0.5, 0.6) is 5.75 Å². The number of methoxy groups -OCH3 is 1. The largest absolute Gasteiger partial charge is 0.474 e. The Bertz CT molecular complexity index is 915. The van der Waals surface area contributed by atoms with Gasteiger partial charge in [-0.05, 0) is 51.0 Å². The van der Waals surface area contributed by atoms with Gasteiger partial charge in [-0.25, -0.2) is 4.79 Å². The van der Waals surface area contributed by atoms with Gasteiger partial charge in [0.05, 0.1) is 17.6 Å². The molecule has 148 valence electrons. The Morgan fingerprint density at radius 3 is 2.25 bits per heavy atom. The van der Waals surface area contributed by atoms with Gasteiger partial charge >= 0.3 is 11.7 Å². The molecule has 1 N–H and O–H groups in total. The van der Waals surface area contributed by atoms with Crippen LogP contribution in [0.25, 0.3) is 0 Å². The van der Waals surface area contributed by atoms with Crippen molar-refractivity contribution in [1.82, 2.24) is 0 Å². The Kier molecular flexibility index (Phi) is 6.35. The molecule has 0 radical (unpaired) electrons. The number of carbonyl (C=O) groups is 2. The molecule has 2 aromatic carbocycles. The highest BCUT2D eigenvalue weighted by Crippen LogP contribution is 2.29. The lowest BCUT2D eigenvalue weighted by molar-refractivity contribution is -0.386. The first kappa shape index (κ1) is 20.9. The topological polar surface area (TPSA) is 108 Å². The van der Waals surface area contributed by atoms with Crippen molar-refractivity contribution in [3.8, 4) is 5.75 Å². The summed E-state index contributed by atoms with van der Waals surface area (Å²) in [5.74, 6) is -1.26. The van der Waals surface area contributed by atoms with Gasteiger partial charge in [-0.3, -0.25) is 14.9 Å². The lowest BCUT2D eigenvalue weighted by atomic mass is 10.0. The van der Waals surface area contributed by atoms with Crippen LogP contribution in [-0.4, -0.2) is 30.0 Å². The number of hydrogen-bond acceptors (Lipinski definition) is 6. The second-order valence-electron chi connectivity index (χ2n) is 6.45. The van der Waals surface area contributed by atoms with E-state index in [0.29, 0.717) is 5.69 Å². The number of aryl methyl sites for hydroxylation is 3. The molecule has 0 unspecified atom stereocenters. The van der Waals surface area contributed by atoms with Gasteiger partial charge in [0.2, 0.25) is 0 Å². The van der Waals surface area contributed by atoms with E-state index in [4.69, 9.17) is 4.74 Å². The van der Waals surface area contributed by atoms with Crippen LogP contribution in [0.1, 0.15) is 34.0 Å². The highest BCUT2D eigenvalue weighted by Gasteiger charge is 2.24. The number of hydrogen-bond donors (Lipinski definition) is 1. The van der Waals surface area contributed by atoms with Crippen molar-refractivity contribution >= 4 is 23.3 Å². The first-order valence-corrected chi connectivity index (χ1v) is 8.56. The third-order valence-electron chi connectivity index (χ3n) is 4.17. The molecule has 0 saturated heterocycles.